The number of amides is 3. The van der Waals surface area contributed by atoms with E-state index in [1.54, 1.807) is 30.3 Å². The minimum absolute atomic E-state index is 0.00802. The van der Waals surface area contributed by atoms with Crippen LogP contribution in [-0.2, 0) is 20.9 Å². The van der Waals surface area contributed by atoms with Crippen LogP contribution in [0.2, 0.25) is 10.0 Å². The maximum absolute atomic E-state index is 12.5. The second-order valence-corrected chi connectivity index (χ2v) is 8.43. The highest BCUT2D eigenvalue weighted by atomic mass is 79.9. The van der Waals surface area contributed by atoms with E-state index in [4.69, 9.17) is 32.7 Å². The smallest absolute Gasteiger partial charge is 0.329 e. The third-order valence-corrected chi connectivity index (χ3v) is 5.81. The van der Waals surface area contributed by atoms with Gasteiger partial charge in [-0.05, 0) is 42.8 Å². The molecule has 1 aliphatic rings. The van der Waals surface area contributed by atoms with Gasteiger partial charge >= 0.3 is 12.0 Å². The van der Waals surface area contributed by atoms with Crippen molar-refractivity contribution in [3.8, 4) is 11.5 Å². The number of carbonyl (C=O) groups excluding carboxylic acids is 3. The number of hydrogen-bond acceptors (Lipinski definition) is 6. The number of nitrogens with one attached hydrogen (secondary N) is 1. The molecule has 0 bridgehead atoms. The molecule has 0 unspecified atom stereocenters. The first-order valence-electron chi connectivity index (χ1n) is 9.68. The van der Waals surface area contributed by atoms with Crippen LogP contribution in [0.15, 0.2) is 40.5 Å². The third kappa shape index (κ3) is 5.98. The van der Waals surface area contributed by atoms with E-state index in [2.05, 4.69) is 26.0 Å². The number of benzene rings is 2. The van der Waals surface area contributed by atoms with Crippen molar-refractivity contribution in [2.75, 3.05) is 20.3 Å². The first-order chi connectivity index (χ1) is 15.7. The molecule has 3 rings (SSSR count). The standard InChI is InChI=1S/C22H19BrCl2N2O6/c1-3-32-18-7-13(6-17-21(29)27(22(30)26-17)10-20(28)31-2)15(23)9-19(18)33-11-12-4-5-14(24)8-16(12)25/h4-9H,3,10-11H2,1-2H3,(H,26,30)/b17-6+. The van der Waals surface area contributed by atoms with Crippen LogP contribution in [0.4, 0.5) is 4.79 Å². The highest BCUT2D eigenvalue weighted by Gasteiger charge is 2.35. The molecular formula is C22H19BrCl2N2O6. The zero-order chi connectivity index (χ0) is 24.1. The first kappa shape index (κ1) is 24.9. The lowest BCUT2D eigenvalue weighted by Gasteiger charge is -2.15. The second-order valence-electron chi connectivity index (χ2n) is 6.73. The van der Waals surface area contributed by atoms with Gasteiger partial charge in [-0.15, -0.1) is 0 Å². The molecule has 8 nitrogen and oxygen atoms in total. The number of carbonyl (C=O) groups is 3. The molecule has 1 saturated heterocycles. The number of methoxy groups -OCH3 is 1. The molecule has 0 aromatic heterocycles. The topological polar surface area (TPSA) is 94.2 Å². The van der Waals surface area contributed by atoms with Crippen molar-refractivity contribution in [2.45, 2.75) is 13.5 Å². The Hall–Kier alpha value is -2.75. The summed E-state index contributed by atoms with van der Waals surface area (Å²) in [6.45, 7) is 1.90. The van der Waals surface area contributed by atoms with E-state index in [0.717, 1.165) is 10.5 Å². The van der Waals surface area contributed by atoms with Crippen molar-refractivity contribution >= 4 is 63.1 Å². The summed E-state index contributed by atoms with van der Waals surface area (Å²) in [6, 6.07) is 7.77. The summed E-state index contributed by atoms with van der Waals surface area (Å²) in [5.41, 5.74) is 1.31. The molecule has 0 aliphatic carbocycles. The van der Waals surface area contributed by atoms with Gasteiger partial charge in [0.2, 0.25) is 0 Å². The van der Waals surface area contributed by atoms with Crippen molar-refractivity contribution in [2.24, 2.45) is 0 Å². The molecule has 1 aliphatic heterocycles. The molecule has 174 valence electrons. The molecule has 1 N–H and O–H groups in total. The van der Waals surface area contributed by atoms with Crippen LogP contribution >= 0.6 is 39.1 Å². The molecule has 0 atom stereocenters. The first-order valence-corrected chi connectivity index (χ1v) is 11.2. The van der Waals surface area contributed by atoms with Gasteiger partial charge in [0, 0.05) is 20.1 Å². The fraction of sp³-hybridized carbons (Fsp3) is 0.227. The Morgan fingerprint density at radius 1 is 1.15 bits per heavy atom. The zero-order valence-electron chi connectivity index (χ0n) is 17.6. The Morgan fingerprint density at radius 3 is 2.55 bits per heavy atom. The third-order valence-electron chi connectivity index (χ3n) is 4.54. The predicted molar refractivity (Wildman–Crippen MR) is 126 cm³/mol. The monoisotopic (exact) mass is 556 g/mol. The highest BCUT2D eigenvalue weighted by Crippen LogP contribution is 2.36. The van der Waals surface area contributed by atoms with Crippen molar-refractivity contribution in [1.82, 2.24) is 10.2 Å². The van der Waals surface area contributed by atoms with E-state index in [-0.39, 0.29) is 12.3 Å². The van der Waals surface area contributed by atoms with Crippen molar-refractivity contribution in [3.63, 3.8) is 0 Å². The number of esters is 1. The fourth-order valence-corrected chi connectivity index (χ4v) is 3.80. The van der Waals surface area contributed by atoms with Gasteiger partial charge in [0.25, 0.3) is 5.91 Å². The van der Waals surface area contributed by atoms with Gasteiger partial charge < -0.3 is 19.5 Å². The van der Waals surface area contributed by atoms with Gasteiger partial charge in [0.15, 0.2) is 11.5 Å². The Kier molecular flexibility index (Phi) is 8.23. The number of hydrogen-bond donors (Lipinski definition) is 1. The molecule has 3 amide bonds. The van der Waals surface area contributed by atoms with E-state index < -0.39 is 24.5 Å². The number of imide groups is 1. The second kappa shape index (κ2) is 10.9. The molecule has 0 spiro atoms. The minimum Gasteiger partial charge on any atom is -0.490 e. The lowest BCUT2D eigenvalue weighted by Crippen LogP contribution is -2.36. The summed E-state index contributed by atoms with van der Waals surface area (Å²) in [5, 5.41) is 3.46. The van der Waals surface area contributed by atoms with E-state index in [1.165, 1.54) is 13.2 Å². The molecule has 1 heterocycles. The molecule has 0 saturated carbocycles. The van der Waals surface area contributed by atoms with Crippen LogP contribution in [0.5, 0.6) is 11.5 Å². The van der Waals surface area contributed by atoms with Crippen molar-refractivity contribution in [3.05, 3.63) is 61.7 Å². The summed E-state index contributed by atoms with van der Waals surface area (Å²) in [5.74, 6) is -0.471. The van der Waals surface area contributed by atoms with Gasteiger partial charge in [-0.3, -0.25) is 9.59 Å². The number of ether oxygens (including phenoxy) is 3. The van der Waals surface area contributed by atoms with Gasteiger partial charge in [0.1, 0.15) is 18.8 Å². The molecule has 33 heavy (non-hydrogen) atoms. The number of halogens is 3. The van der Waals surface area contributed by atoms with Crippen molar-refractivity contribution in [1.29, 1.82) is 0 Å². The average molecular weight is 558 g/mol. The van der Waals surface area contributed by atoms with E-state index >= 15 is 0 Å². The van der Waals surface area contributed by atoms with Crippen LogP contribution in [0, 0.1) is 0 Å². The maximum Gasteiger partial charge on any atom is 0.329 e. The summed E-state index contributed by atoms with van der Waals surface area (Å²) < 4.78 is 16.7. The average Bonchev–Trinajstić information content (AvgIpc) is 3.03. The molecule has 1 fully saturated rings. The number of rotatable bonds is 8. The van der Waals surface area contributed by atoms with E-state index in [1.807, 2.05) is 6.92 Å². The van der Waals surface area contributed by atoms with Gasteiger partial charge in [0.05, 0.1) is 13.7 Å². The van der Waals surface area contributed by atoms with E-state index in [0.29, 0.717) is 38.2 Å². The van der Waals surface area contributed by atoms with Gasteiger partial charge in [-0.2, -0.15) is 0 Å². The molecule has 0 radical (unpaired) electrons. The van der Waals surface area contributed by atoms with Crippen molar-refractivity contribution < 1.29 is 28.6 Å². The maximum atomic E-state index is 12.5. The van der Waals surface area contributed by atoms with Gasteiger partial charge in [-0.25, -0.2) is 9.69 Å². The Balaban J connectivity index is 1.85. The molecule has 11 heteroatoms. The molecular weight excluding hydrogens is 539 g/mol. The number of nitrogens with zero attached hydrogens (tertiary/aromatic N) is 1. The summed E-state index contributed by atoms with van der Waals surface area (Å²) >= 11 is 15.6. The van der Waals surface area contributed by atoms with Gasteiger partial charge in [-0.1, -0.05) is 45.2 Å². The van der Waals surface area contributed by atoms with Crippen LogP contribution < -0.4 is 14.8 Å². The summed E-state index contributed by atoms with van der Waals surface area (Å²) in [6.07, 6.45) is 1.48. The Morgan fingerprint density at radius 2 is 1.88 bits per heavy atom. The quantitative estimate of drug-likeness (QED) is 0.285. The lowest BCUT2D eigenvalue weighted by atomic mass is 10.1. The van der Waals surface area contributed by atoms with Crippen LogP contribution in [0.1, 0.15) is 18.1 Å². The fourth-order valence-electron chi connectivity index (χ4n) is 2.90. The summed E-state index contributed by atoms with van der Waals surface area (Å²) in [7, 11) is 1.18. The summed E-state index contributed by atoms with van der Waals surface area (Å²) in [4.78, 5) is 36.9. The van der Waals surface area contributed by atoms with Crippen LogP contribution in [0.3, 0.4) is 0 Å². The predicted octanol–water partition coefficient (Wildman–Crippen LogP) is 4.80. The lowest BCUT2D eigenvalue weighted by molar-refractivity contribution is -0.143. The zero-order valence-corrected chi connectivity index (χ0v) is 20.7. The Bertz CT molecular complexity index is 1140. The Labute approximate surface area is 208 Å². The largest absolute Gasteiger partial charge is 0.490 e. The molecule has 2 aromatic carbocycles. The van der Waals surface area contributed by atoms with E-state index in [9.17, 15) is 14.4 Å². The van der Waals surface area contributed by atoms with Crippen LogP contribution in [-0.4, -0.2) is 43.1 Å². The number of urea groups is 1. The van der Waals surface area contributed by atoms with Crippen LogP contribution in [0.25, 0.3) is 6.08 Å². The normalized spacial score (nSPS) is 14.5. The highest BCUT2D eigenvalue weighted by molar-refractivity contribution is 9.10. The minimum atomic E-state index is -0.711. The molecule has 2 aromatic rings. The SMILES string of the molecule is CCOc1cc(/C=C2/NC(=O)N(CC(=O)OC)C2=O)c(Br)cc1OCc1ccc(Cl)cc1Cl.